The van der Waals surface area contributed by atoms with Crippen LogP contribution in [0, 0.1) is 18.3 Å². The van der Waals surface area contributed by atoms with Crippen molar-refractivity contribution in [3.05, 3.63) is 28.2 Å². The lowest BCUT2D eigenvalue weighted by Crippen LogP contribution is -2.37. The first-order valence-corrected chi connectivity index (χ1v) is 7.04. The molecular weight excluding hydrogens is 306 g/mol. The van der Waals surface area contributed by atoms with Crippen LogP contribution >= 0.6 is 15.9 Å². The molecule has 0 aliphatic carbocycles. The van der Waals surface area contributed by atoms with Crippen molar-refractivity contribution in [1.29, 1.82) is 0 Å². The third-order valence-corrected chi connectivity index (χ3v) is 3.98. The molecule has 1 saturated heterocycles. The molecule has 0 saturated carbocycles. The van der Waals surface area contributed by atoms with Crippen LogP contribution in [0.2, 0.25) is 0 Å². The van der Waals surface area contributed by atoms with Crippen molar-refractivity contribution in [2.24, 2.45) is 5.92 Å². The van der Waals surface area contributed by atoms with Crippen LogP contribution in [0.4, 0.5) is 5.69 Å². The quantitative estimate of drug-likeness (QED) is 0.619. The molecular formula is C15H16BrNO2. The monoisotopic (exact) mass is 321 g/mol. The maximum absolute atomic E-state index is 11.5. The largest absolute Gasteiger partial charge is 0.469 e. The number of methoxy groups -OCH3 is 1. The Hall–Kier alpha value is -1.47. The van der Waals surface area contributed by atoms with Crippen molar-refractivity contribution in [3.8, 4) is 12.3 Å². The van der Waals surface area contributed by atoms with E-state index in [2.05, 4.69) is 26.8 Å². The average molecular weight is 322 g/mol. The molecule has 1 fully saturated rings. The number of piperidine rings is 1. The van der Waals surface area contributed by atoms with Crippen molar-refractivity contribution < 1.29 is 9.53 Å². The highest BCUT2D eigenvalue weighted by atomic mass is 79.9. The van der Waals surface area contributed by atoms with E-state index in [-0.39, 0.29) is 11.9 Å². The second-order valence-electron chi connectivity index (χ2n) is 4.59. The number of carbonyl (C=O) groups is 1. The zero-order valence-corrected chi connectivity index (χ0v) is 12.4. The lowest BCUT2D eigenvalue weighted by molar-refractivity contribution is -0.146. The van der Waals surface area contributed by atoms with E-state index < -0.39 is 0 Å². The number of ether oxygens (including phenoxy) is 1. The summed E-state index contributed by atoms with van der Waals surface area (Å²) in [7, 11) is 1.44. The summed E-state index contributed by atoms with van der Waals surface area (Å²) in [6.45, 7) is 1.65. The molecule has 1 aromatic carbocycles. The highest BCUT2D eigenvalue weighted by Gasteiger charge is 2.26. The van der Waals surface area contributed by atoms with Crippen LogP contribution in [0.5, 0.6) is 0 Å². The highest BCUT2D eigenvalue weighted by molar-refractivity contribution is 9.10. The van der Waals surface area contributed by atoms with Gasteiger partial charge in [-0.1, -0.05) is 21.9 Å². The van der Waals surface area contributed by atoms with Gasteiger partial charge in [0.1, 0.15) is 0 Å². The number of hydrogen-bond donors (Lipinski definition) is 0. The predicted molar refractivity (Wildman–Crippen MR) is 79.0 cm³/mol. The number of terminal acetylenes is 1. The van der Waals surface area contributed by atoms with Crippen LogP contribution in [-0.2, 0) is 9.53 Å². The number of anilines is 1. The molecule has 4 heteroatoms. The minimum absolute atomic E-state index is 0.0164. The summed E-state index contributed by atoms with van der Waals surface area (Å²) in [5, 5.41) is 0. The Labute approximate surface area is 122 Å². The summed E-state index contributed by atoms with van der Waals surface area (Å²) in [6.07, 6.45) is 7.16. The van der Waals surface area contributed by atoms with Crippen LogP contribution in [0.3, 0.4) is 0 Å². The second-order valence-corrected chi connectivity index (χ2v) is 5.51. The molecule has 1 aromatic rings. The van der Waals surface area contributed by atoms with Crippen LogP contribution in [0.1, 0.15) is 18.4 Å². The summed E-state index contributed by atoms with van der Waals surface area (Å²) >= 11 is 3.47. The molecule has 19 heavy (non-hydrogen) atoms. The Morgan fingerprint density at radius 1 is 1.47 bits per heavy atom. The second kappa shape index (κ2) is 6.12. The van der Waals surface area contributed by atoms with Gasteiger partial charge in [0.25, 0.3) is 0 Å². The zero-order valence-electron chi connectivity index (χ0n) is 10.9. The van der Waals surface area contributed by atoms with E-state index >= 15 is 0 Å². The Balaban J connectivity index is 2.12. The van der Waals surface area contributed by atoms with Crippen molar-refractivity contribution >= 4 is 27.6 Å². The van der Waals surface area contributed by atoms with Crippen molar-refractivity contribution in [3.63, 3.8) is 0 Å². The first-order chi connectivity index (χ1) is 9.15. The fourth-order valence-corrected chi connectivity index (χ4v) is 2.76. The van der Waals surface area contributed by atoms with E-state index in [9.17, 15) is 4.79 Å². The number of carbonyl (C=O) groups excluding carboxylic acids is 1. The molecule has 3 nitrogen and oxygen atoms in total. The molecule has 0 N–H and O–H groups in total. The Morgan fingerprint density at radius 2 is 2.16 bits per heavy atom. The molecule has 0 radical (unpaired) electrons. The molecule has 100 valence electrons. The summed E-state index contributed by atoms with van der Waals surface area (Å²) < 4.78 is 5.81. The number of hydrogen-bond acceptors (Lipinski definition) is 3. The molecule has 0 bridgehead atoms. The number of rotatable bonds is 2. The Morgan fingerprint density at radius 3 is 2.74 bits per heavy atom. The SMILES string of the molecule is C#Cc1ccc(Br)cc1N1CCC(C(=O)OC)CC1. The fraction of sp³-hybridized carbons (Fsp3) is 0.400. The topological polar surface area (TPSA) is 29.5 Å². The van der Waals surface area contributed by atoms with E-state index in [0.717, 1.165) is 41.7 Å². The van der Waals surface area contributed by atoms with Gasteiger partial charge < -0.3 is 9.64 Å². The summed E-state index contributed by atoms with van der Waals surface area (Å²) in [4.78, 5) is 13.7. The van der Waals surface area contributed by atoms with E-state index in [4.69, 9.17) is 11.2 Å². The van der Waals surface area contributed by atoms with Crippen LogP contribution < -0.4 is 4.90 Å². The first-order valence-electron chi connectivity index (χ1n) is 6.24. The normalized spacial score (nSPS) is 15.9. The highest BCUT2D eigenvalue weighted by Crippen LogP contribution is 2.29. The number of nitrogens with zero attached hydrogens (tertiary/aromatic N) is 1. The summed E-state index contributed by atoms with van der Waals surface area (Å²) in [5.74, 6) is 2.62. The molecule has 1 aliphatic heterocycles. The minimum atomic E-state index is -0.105. The first kappa shape index (κ1) is 14.0. The van der Waals surface area contributed by atoms with Crippen LogP contribution in [0.25, 0.3) is 0 Å². The number of benzene rings is 1. The van der Waals surface area contributed by atoms with Crippen LogP contribution in [0.15, 0.2) is 22.7 Å². The van der Waals surface area contributed by atoms with Crippen molar-refractivity contribution in [1.82, 2.24) is 0 Å². The molecule has 0 amide bonds. The molecule has 0 atom stereocenters. The lowest BCUT2D eigenvalue weighted by atomic mass is 9.96. The van der Waals surface area contributed by atoms with Crippen LogP contribution in [-0.4, -0.2) is 26.2 Å². The van der Waals surface area contributed by atoms with Crippen molar-refractivity contribution in [2.75, 3.05) is 25.1 Å². The summed E-state index contributed by atoms with van der Waals surface area (Å²) in [5.41, 5.74) is 1.94. The van der Waals surface area contributed by atoms with Gasteiger partial charge in [-0.3, -0.25) is 4.79 Å². The average Bonchev–Trinajstić information content (AvgIpc) is 2.46. The van der Waals surface area contributed by atoms with Gasteiger partial charge in [-0.05, 0) is 31.0 Å². The zero-order chi connectivity index (χ0) is 13.8. The number of esters is 1. The van der Waals surface area contributed by atoms with Gasteiger partial charge in [0.05, 0.1) is 18.7 Å². The van der Waals surface area contributed by atoms with E-state index in [1.54, 1.807) is 0 Å². The van der Waals surface area contributed by atoms with Gasteiger partial charge >= 0.3 is 5.97 Å². The Bertz CT molecular complexity index is 513. The fourth-order valence-electron chi connectivity index (χ4n) is 2.41. The molecule has 0 unspecified atom stereocenters. The van der Waals surface area contributed by atoms with Gasteiger partial charge in [-0.15, -0.1) is 6.42 Å². The summed E-state index contributed by atoms with van der Waals surface area (Å²) in [6, 6.07) is 5.92. The lowest BCUT2D eigenvalue weighted by Gasteiger charge is -2.33. The minimum Gasteiger partial charge on any atom is -0.469 e. The molecule has 1 heterocycles. The van der Waals surface area contributed by atoms with Gasteiger partial charge in [-0.2, -0.15) is 0 Å². The van der Waals surface area contributed by atoms with Gasteiger partial charge in [0.15, 0.2) is 0 Å². The van der Waals surface area contributed by atoms with Gasteiger partial charge in [-0.25, -0.2) is 0 Å². The molecule has 0 spiro atoms. The van der Waals surface area contributed by atoms with Gasteiger partial charge in [0, 0.05) is 23.1 Å². The van der Waals surface area contributed by atoms with E-state index in [1.165, 1.54) is 7.11 Å². The van der Waals surface area contributed by atoms with Crippen molar-refractivity contribution in [2.45, 2.75) is 12.8 Å². The Kier molecular flexibility index (Phi) is 4.49. The predicted octanol–water partition coefficient (Wildman–Crippen LogP) is 2.82. The van der Waals surface area contributed by atoms with E-state index in [1.807, 2.05) is 18.2 Å². The molecule has 0 aromatic heterocycles. The smallest absolute Gasteiger partial charge is 0.308 e. The molecule has 1 aliphatic rings. The maximum atomic E-state index is 11.5. The van der Waals surface area contributed by atoms with E-state index in [0.29, 0.717) is 0 Å². The maximum Gasteiger partial charge on any atom is 0.308 e. The van der Waals surface area contributed by atoms with Gasteiger partial charge in [0.2, 0.25) is 0 Å². The third kappa shape index (κ3) is 3.10. The number of halogens is 1. The molecule has 2 rings (SSSR count). The third-order valence-electron chi connectivity index (χ3n) is 3.49. The standard InChI is InChI=1S/C15H16BrNO2/c1-3-11-4-5-13(16)10-14(11)17-8-6-12(7-9-17)15(18)19-2/h1,4-5,10,12H,6-9H2,2H3.